The van der Waals surface area contributed by atoms with Crippen LogP contribution in [0.5, 0.6) is 5.88 Å². The predicted octanol–water partition coefficient (Wildman–Crippen LogP) is 3.12. The number of terminal acetylenes is 1. The highest BCUT2D eigenvalue weighted by atomic mass is 31.2. The average Bonchev–Trinajstić information content (AvgIpc) is 3.41. The molecule has 220 valence electrons. The molecule has 2 aliphatic rings. The van der Waals surface area contributed by atoms with Crippen LogP contribution >= 0.6 is 7.52 Å². The van der Waals surface area contributed by atoms with Gasteiger partial charge in [-0.05, 0) is 46.5 Å². The summed E-state index contributed by atoms with van der Waals surface area (Å²) in [6.07, 6.45) is 6.34. The van der Waals surface area contributed by atoms with E-state index < -0.39 is 50.0 Å². The van der Waals surface area contributed by atoms with Gasteiger partial charge in [0.25, 0.3) is 13.4 Å². The third-order valence-corrected chi connectivity index (χ3v) is 8.33. The number of esters is 1. The second-order valence-electron chi connectivity index (χ2n) is 10.1. The highest BCUT2D eigenvalue weighted by Crippen LogP contribution is 2.50. The van der Waals surface area contributed by atoms with Crippen LogP contribution in [-0.2, 0) is 23.4 Å². The number of rotatable bonds is 10. The number of carbonyl (C=O) groups excluding carboxylic acids is 1. The third kappa shape index (κ3) is 5.99. The van der Waals surface area contributed by atoms with Crippen molar-refractivity contribution < 1.29 is 42.0 Å². The van der Waals surface area contributed by atoms with Gasteiger partial charge >= 0.3 is 5.97 Å². The van der Waals surface area contributed by atoms with Gasteiger partial charge in [0, 0.05) is 6.66 Å². The predicted molar refractivity (Wildman–Crippen MR) is 139 cm³/mol. The van der Waals surface area contributed by atoms with Gasteiger partial charge in [-0.15, -0.1) is 6.42 Å². The first-order valence-electron chi connectivity index (χ1n) is 13.1. The van der Waals surface area contributed by atoms with Crippen molar-refractivity contribution in [3.8, 4) is 18.2 Å². The fourth-order valence-electron chi connectivity index (χ4n) is 4.81. The fraction of sp³-hybridized carbons (Fsp3) is 0.680. The maximum atomic E-state index is 16.0. The average molecular weight is 586 g/mol. The second kappa shape index (κ2) is 11.7. The van der Waals surface area contributed by atoms with E-state index in [9.17, 15) is 14.5 Å². The smallest absolute Gasteiger partial charge is 0.323 e. The molecule has 1 saturated heterocycles. The Kier molecular flexibility index (Phi) is 8.82. The van der Waals surface area contributed by atoms with Crippen LogP contribution in [0.4, 0.5) is 8.78 Å². The first kappa shape index (κ1) is 30.3. The monoisotopic (exact) mass is 585 g/mol. The van der Waals surface area contributed by atoms with E-state index in [1.54, 1.807) is 19.8 Å². The summed E-state index contributed by atoms with van der Waals surface area (Å²) in [4.78, 5) is 25.0. The molecule has 0 spiro atoms. The molecule has 0 bridgehead atoms. The lowest BCUT2D eigenvalue weighted by atomic mass is 9.96. The van der Waals surface area contributed by atoms with Gasteiger partial charge in [0.1, 0.15) is 24.6 Å². The molecule has 3 heterocycles. The number of aryl methyl sites for hydroxylation is 1. The molecule has 6 atom stereocenters. The molecule has 2 N–H and O–H groups in total. The number of hydrogen-bond acceptors (Lipinski definition) is 10. The summed E-state index contributed by atoms with van der Waals surface area (Å²) in [5.41, 5.74) is -2.92. The van der Waals surface area contributed by atoms with Gasteiger partial charge in [-0.2, -0.15) is 4.98 Å². The lowest BCUT2D eigenvalue weighted by Gasteiger charge is -2.27. The van der Waals surface area contributed by atoms with Crippen LogP contribution in [0.15, 0.2) is 6.33 Å². The molecule has 0 amide bonds. The summed E-state index contributed by atoms with van der Waals surface area (Å²) in [6, 6.07) is -1.04. The molecule has 2 fully saturated rings. The zero-order valence-corrected chi connectivity index (χ0v) is 23.7. The zero-order valence-electron chi connectivity index (χ0n) is 22.8. The molecule has 1 aliphatic heterocycles. The molecule has 1 aliphatic carbocycles. The van der Waals surface area contributed by atoms with Crippen molar-refractivity contribution in [1.29, 1.82) is 0 Å². The standard InChI is InChI=1S/C25H34F2N5O7P/c1-6-24(26)22(34)25(27,13-37-40(5,35)31-15(3)21(33)38-17-11-9-8-10-12-17)39-23(24)32-14-28-18-19(32)29-16(4)30-20(18)36-7-2/h1,14-15,17,22-23,34H,7-13H2,2-5H3,(H,31,35)/t15-,22-,23+,24+,25+,40?/m0/s1. The van der Waals surface area contributed by atoms with Crippen molar-refractivity contribution in [2.24, 2.45) is 0 Å². The van der Waals surface area contributed by atoms with E-state index in [1.807, 2.05) is 0 Å². The number of imidazole rings is 1. The van der Waals surface area contributed by atoms with E-state index in [-0.39, 0.29) is 35.6 Å². The number of carbonyl (C=O) groups is 1. The normalized spacial score (nSPS) is 29.6. The maximum absolute atomic E-state index is 16.0. The van der Waals surface area contributed by atoms with Crippen LogP contribution in [0, 0.1) is 19.3 Å². The Labute approximate surface area is 230 Å². The Balaban J connectivity index is 1.49. The van der Waals surface area contributed by atoms with Crippen molar-refractivity contribution in [3.63, 3.8) is 0 Å². The highest BCUT2D eigenvalue weighted by molar-refractivity contribution is 7.56. The van der Waals surface area contributed by atoms with Crippen LogP contribution in [0.2, 0.25) is 0 Å². The third-order valence-electron chi connectivity index (χ3n) is 6.85. The molecule has 4 rings (SSSR count). The van der Waals surface area contributed by atoms with Gasteiger partial charge in [-0.25, -0.2) is 23.8 Å². The van der Waals surface area contributed by atoms with Gasteiger partial charge in [-0.3, -0.25) is 13.9 Å². The molecule has 2 aromatic heterocycles. The van der Waals surface area contributed by atoms with Gasteiger partial charge < -0.3 is 23.8 Å². The summed E-state index contributed by atoms with van der Waals surface area (Å²) in [5, 5.41) is 13.2. The quantitative estimate of drug-likeness (QED) is 0.241. The Bertz CT molecular complexity index is 1330. The molecule has 40 heavy (non-hydrogen) atoms. The van der Waals surface area contributed by atoms with E-state index in [2.05, 4.69) is 20.0 Å². The maximum Gasteiger partial charge on any atom is 0.323 e. The second-order valence-corrected chi connectivity index (χ2v) is 12.3. The molecule has 2 aromatic rings. The molecule has 1 unspecified atom stereocenters. The number of aliphatic hydroxyl groups is 1. The summed E-state index contributed by atoms with van der Waals surface area (Å²) in [7, 11) is -3.88. The van der Waals surface area contributed by atoms with Crippen LogP contribution < -0.4 is 9.82 Å². The number of halogens is 2. The Morgan fingerprint density at radius 1 is 1.38 bits per heavy atom. The van der Waals surface area contributed by atoms with E-state index in [4.69, 9.17) is 25.2 Å². The van der Waals surface area contributed by atoms with Crippen LogP contribution in [0.25, 0.3) is 11.2 Å². The van der Waals surface area contributed by atoms with E-state index in [1.165, 1.54) is 6.92 Å². The van der Waals surface area contributed by atoms with Crippen LogP contribution in [0.1, 0.15) is 58.0 Å². The minimum Gasteiger partial charge on any atom is -0.476 e. The van der Waals surface area contributed by atoms with Crippen LogP contribution in [-0.4, -0.2) is 80.2 Å². The summed E-state index contributed by atoms with van der Waals surface area (Å²) >= 11 is 0. The molecule has 15 heteroatoms. The number of fused-ring (bicyclic) bond motifs is 1. The van der Waals surface area contributed by atoms with Crippen molar-refractivity contribution in [1.82, 2.24) is 24.6 Å². The summed E-state index contributed by atoms with van der Waals surface area (Å²) < 4.78 is 67.6. The fourth-order valence-corrected chi connectivity index (χ4v) is 6.12. The summed E-state index contributed by atoms with van der Waals surface area (Å²) in [6.45, 7) is 4.94. The lowest BCUT2D eigenvalue weighted by molar-refractivity contribution is -0.202. The Morgan fingerprint density at radius 3 is 2.73 bits per heavy atom. The zero-order chi connectivity index (χ0) is 29.3. The topological polar surface area (TPSA) is 147 Å². The number of nitrogens with one attached hydrogen (secondary N) is 1. The molecule has 0 aromatic carbocycles. The van der Waals surface area contributed by atoms with Crippen molar-refractivity contribution in [2.45, 2.75) is 88.9 Å². The largest absolute Gasteiger partial charge is 0.476 e. The number of nitrogens with zero attached hydrogens (tertiary/aromatic N) is 4. The van der Waals surface area contributed by atoms with Gasteiger partial charge in [0.05, 0.1) is 12.9 Å². The van der Waals surface area contributed by atoms with E-state index >= 15 is 8.78 Å². The number of alkyl halides is 2. The van der Waals surface area contributed by atoms with Gasteiger partial charge in [0.15, 0.2) is 23.5 Å². The first-order valence-corrected chi connectivity index (χ1v) is 15.2. The molecule has 12 nitrogen and oxygen atoms in total. The number of aromatic nitrogens is 4. The molecule has 1 saturated carbocycles. The SMILES string of the molecule is C#C[C@]1(F)[C@H](n2cnc3c(OCC)nc(C)nc32)O[C@](F)(COP(C)(=O)N[C@@H](C)C(=O)OC2CCCCC2)[C@H]1O. The van der Waals surface area contributed by atoms with Crippen molar-refractivity contribution in [2.75, 3.05) is 19.9 Å². The number of aliphatic hydroxyl groups excluding tert-OH is 1. The first-order chi connectivity index (χ1) is 18.8. The van der Waals surface area contributed by atoms with E-state index in [0.29, 0.717) is 0 Å². The minimum atomic E-state index is -3.88. The molecule has 0 radical (unpaired) electrons. The molecular weight excluding hydrogens is 551 g/mol. The molecular formula is C25H34F2N5O7P. The van der Waals surface area contributed by atoms with Crippen molar-refractivity contribution in [3.05, 3.63) is 12.2 Å². The van der Waals surface area contributed by atoms with Crippen LogP contribution in [0.3, 0.4) is 0 Å². The van der Waals surface area contributed by atoms with Crippen molar-refractivity contribution >= 4 is 24.7 Å². The van der Waals surface area contributed by atoms with Gasteiger partial charge in [0.2, 0.25) is 11.5 Å². The number of hydrogen-bond donors (Lipinski definition) is 2. The minimum absolute atomic E-state index is 0.0312. The summed E-state index contributed by atoms with van der Waals surface area (Å²) in [5.74, 6) is -1.70. The Morgan fingerprint density at radius 2 is 2.08 bits per heavy atom. The van der Waals surface area contributed by atoms with Gasteiger partial charge in [-0.1, -0.05) is 12.3 Å². The number of ether oxygens (including phenoxy) is 3. The van der Waals surface area contributed by atoms with E-state index in [0.717, 1.165) is 49.7 Å². The lowest BCUT2D eigenvalue weighted by Crippen LogP contribution is -2.48. The highest BCUT2D eigenvalue weighted by Gasteiger charge is 2.67. The Hall–Kier alpha value is -2.69.